The normalized spacial score (nSPS) is 17.4. The maximum Gasteiger partial charge on any atom is 0.140 e. The van der Waals surface area contributed by atoms with Crippen molar-refractivity contribution in [3.63, 3.8) is 0 Å². The van der Waals surface area contributed by atoms with Crippen molar-refractivity contribution in [2.24, 2.45) is 13.0 Å². The minimum atomic E-state index is 0.124. The fourth-order valence-corrected chi connectivity index (χ4v) is 2.45. The van der Waals surface area contributed by atoms with Crippen LogP contribution < -0.4 is 0 Å². The first kappa shape index (κ1) is 12.6. The quantitative estimate of drug-likeness (QED) is 0.830. The van der Waals surface area contributed by atoms with Crippen molar-refractivity contribution in [1.82, 2.24) is 9.78 Å². The highest BCUT2D eigenvalue weighted by Gasteiger charge is 2.24. The highest BCUT2D eigenvalue weighted by molar-refractivity contribution is 6.30. The van der Waals surface area contributed by atoms with Crippen LogP contribution in [-0.4, -0.2) is 28.8 Å². The summed E-state index contributed by atoms with van der Waals surface area (Å²) >= 11 is 6.12. The topological polar surface area (TPSA) is 44.1 Å². The number of ketones is 1. The van der Waals surface area contributed by atoms with Crippen LogP contribution in [0.4, 0.5) is 0 Å². The van der Waals surface area contributed by atoms with Gasteiger partial charge in [-0.15, -0.1) is 0 Å². The Hall–Kier alpha value is -0.870. The van der Waals surface area contributed by atoms with Crippen LogP contribution in [0, 0.1) is 12.8 Å². The number of ether oxygens (including phenoxy) is 1. The predicted molar refractivity (Wildman–Crippen MR) is 65.2 cm³/mol. The molecule has 1 fully saturated rings. The van der Waals surface area contributed by atoms with Crippen LogP contribution in [0.5, 0.6) is 0 Å². The first-order valence-electron chi connectivity index (χ1n) is 5.88. The van der Waals surface area contributed by atoms with Gasteiger partial charge in [-0.25, -0.2) is 0 Å². The zero-order chi connectivity index (χ0) is 12.4. The Kier molecular flexibility index (Phi) is 3.84. The van der Waals surface area contributed by atoms with Crippen molar-refractivity contribution in [1.29, 1.82) is 0 Å². The number of hydrogen-bond acceptors (Lipinski definition) is 3. The van der Waals surface area contributed by atoms with Crippen molar-refractivity contribution in [3.8, 4) is 0 Å². The molecule has 94 valence electrons. The number of carbonyl (C=O) groups excluding carboxylic acids is 1. The maximum atomic E-state index is 12.1. The summed E-state index contributed by atoms with van der Waals surface area (Å²) in [7, 11) is 1.79. The Labute approximate surface area is 106 Å². The molecular weight excluding hydrogens is 240 g/mol. The van der Waals surface area contributed by atoms with Gasteiger partial charge in [-0.2, -0.15) is 5.10 Å². The Morgan fingerprint density at radius 2 is 2.18 bits per heavy atom. The molecule has 2 heterocycles. The second-order valence-electron chi connectivity index (χ2n) is 4.51. The van der Waals surface area contributed by atoms with E-state index < -0.39 is 0 Å². The van der Waals surface area contributed by atoms with Gasteiger partial charge in [-0.1, -0.05) is 11.6 Å². The van der Waals surface area contributed by atoms with E-state index in [1.54, 1.807) is 11.7 Å². The molecule has 0 saturated carbocycles. The average Bonchev–Trinajstić information content (AvgIpc) is 2.57. The van der Waals surface area contributed by atoms with Gasteiger partial charge >= 0.3 is 0 Å². The van der Waals surface area contributed by atoms with Crippen molar-refractivity contribution in [2.75, 3.05) is 13.2 Å². The molecule has 0 amide bonds. The van der Waals surface area contributed by atoms with E-state index in [1.807, 2.05) is 6.92 Å². The molecule has 4 nitrogen and oxygen atoms in total. The molecule has 5 heteroatoms. The summed E-state index contributed by atoms with van der Waals surface area (Å²) in [5.74, 6) is 0.380. The van der Waals surface area contributed by atoms with Gasteiger partial charge in [0.25, 0.3) is 0 Å². The summed E-state index contributed by atoms with van der Waals surface area (Å²) in [5.41, 5.74) is 1.71. The molecule has 1 saturated heterocycles. The van der Waals surface area contributed by atoms with Crippen molar-refractivity contribution >= 4 is 17.4 Å². The van der Waals surface area contributed by atoms with Gasteiger partial charge in [-0.05, 0) is 19.8 Å². The maximum absolute atomic E-state index is 12.1. The molecule has 0 aromatic carbocycles. The van der Waals surface area contributed by atoms with Crippen LogP contribution in [0.1, 0.15) is 24.1 Å². The Balaban J connectivity index is 2.07. The van der Waals surface area contributed by atoms with Gasteiger partial charge in [0, 0.05) is 38.2 Å². The molecule has 17 heavy (non-hydrogen) atoms. The molecule has 0 radical (unpaired) electrons. The molecule has 0 bridgehead atoms. The summed E-state index contributed by atoms with van der Waals surface area (Å²) in [4.78, 5) is 12.1. The van der Waals surface area contributed by atoms with Crippen LogP contribution in [0.25, 0.3) is 0 Å². The average molecular weight is 257 g/mol. The zero-order valence-corrected chi connectivity index (χ0v) is 11.0. The van der Waals surface area contributed by atoms with Crippen molar-refractivity contribution in [3.05, 3.63) is 16.4 Å². The van der Waals surface area contributed by atoms with Crippen LogP contribution in [0.15, 0.2) is 0 Å². The summed E-state index contributed by atoms with van der Waals surface area (Å²) < 4.78 is 6.87. The largest absolute Gasteiger partial charge is 0.381 e. The number of aromatic nitrogens is 2. The molecular formula is C12H17ClN2O2. The zero-order valence-electron chi connectivity index (χ0n) is 10.2. The van der Waals surface area contributed by atoms with E-state index in [-0.39, 0.29) is 11.7 Å². The van der Waals surface area contributed by atoms with Crippen LogP contribution in [-0.2, 0) is 23.0 Å². The molecule has 0 spiro atoms. The first-order chi connectivity index (χ1) is 8.09. The highest BCUT2D eigenvalue weighted by atomic mass is 35.5. The van der Waals surface area contributed by atoms with Gasteiger partial charge in [0.1, 0.15) is 10.9 Å². The monoisotopic (exact) mass is 256 g/mol. The van der Waals surface area contributed by atoms with Crippen LogP contribution >= 0.6 is 11.6 Å². The second-order valence-corrected chi connectivity index (χ2v) is 4.87. The van der Waals surface area contributed by atoms with Gasteiger partial charge in [0.05, 0.1) is 5.69 Å². The summed E-state index contributed by atoms with van der Waals surface area (Å²) in [6, 6.07) is 0. The fraction of sp³-hybridized carbons (Fsp3) is 0.667. The van der Waals surface area contributed by atoms with Crippen molar-refractivity contribution < 1.29 is 9.53 Å². The predicted octanol–water partition coefficient (Wildman–Crippen LogP) is 1.92. The SMILES string of the molecule is Cc1nn(C)c(Cl)c1CC(=O)C1CCOCC1. The fourth-order valence-electron chi connectivity index (χ4n) is 2.21. The Morgan fingerprint density at radius 3 is 2.71 bits per heavy atom. The van der Waals surface area contributed by atoms with Crippen LogP contribution in [0.2, 0.25) is 5.15 Å². The number of halogens is 1. The lowest BCUT2D eigenvalue weighted by Crippen LogP contribution is -2.24. The second kappa shape index (κ2) is 5.19. The number of hydrogen-bond donors (Lipinski definition) is 0. The lowest BCUT2D eigenvalue weighted by Gasteiger charge is -2.20. The minimum Gasteiger partial charge on any atom is -0.381 e. The standard InChI is InChI=1S/C12H17ClN2O2/c1-8-10(12(13)15(2)14-8)7-11(16)9-3-5-17-6-4-9/h9H,3-7H2,1-2H3. The number of nitrogens with zero attached hydrogens (tertiary/aromatic N) is 2. The van der Waals surface area contributed by atoms with E-state index in [1.165, 1.54) is 0 Å². The van der Waals surface area contributed by atoms with E-state index in [0.717, 1.165) is 24.1 Å². The molecule has 0 atom stereocenters. The first-order valence-corrected chi connectivity index (χ1v) is 6.26. The summed E-state index contributed by atoms with van der Waals surface area (Å²) in [5, 5.41) is 4.79. The van der Waals surface area contributed by atoms with Crippen LogP contribution in [0.3, 0.4) is 0 Å². The third-order valence-electron chi connectivity index (χ3n) is 3.30. The van der Waals surface area contributed by atoms with E-state index in [0.29, 0.717) is 24.8 Å². The van der Waals surface area contributed by atoms with Gasteiger partial charge < -0.3 is 4.74 Å². The lowest BCUT2D eigenvalue weighted by molar-refractivity contribution is -0.125. The Morgan fingerprint density at radius 1 is 1.53 bits per heavy atom. The minimum absolute atomic E-state index is 0.124. The van der Waals surface area contributed by atoms with Gasteiger partial charge in [-0.3, -0.25) is 9.48 Å². The third-order valence-corrected chi connectivity index (χ3v) is 3.77. The summed E-state index contributed by atoms with van der Waals surface area (Å²) in [6.07, 6.45) is 2.05. The molecule has 1 aromatic heterocycles. The van der Waals surface area contributed by atoms with E-state index >= 15 is 0 Å². The molecule has 0 unspecified atom stereocenters. The smallest absolute Gasteiger partial charge is 0.140 e. The van der Waals surface area contributed by atoms with E-state index in [9.17, 15) is 4.79 Å². The summed E-state index contributed by atoms with van der Waals surface area (Å²) in [6.45, 7) is 3.27. The molecule has 0 N–H and O–H groups in total. The van der Waals surface area contributed by atoms with Gasteiger partial charge in [0.2, 0.25) is 0 Å². The lowest BCUT2D eigenvalue weighted by atomic mass is 9.91. The molecule has 0 aliphatic carbocycles. The Bertz CT molecular complexity index is 422. The van der Waals surface area contributed by atoms with Crippen molar-refractivity contribution in [2.45, 2.75) is 26.2 Å². The molecule has 2 rings (SSSR count). The number of carbonyl (C=O) groups is 1. The number of Topliss-reactive ketones (excluding diaryl/α,β-unsaturated/α-hetero) is 1. The number of aryl methyl sites for hydroxylation is 2. The van der Waals surface area contributed by atoms with Gasteiger partial charge in [0.15, 0.2) is 0 Å². The number of rotatable bonds is 3. The van der Waals surface area contributed by atoms with E-state index in [2.05, 4.69) is 5.10 Å². The highest BCUT2D eigenvalue weighted by Crippen LogP contribution is 2.23. The van der Waals surface area contributed by atoms with E-state index in [4.69, 9.17) is 16.3 Å². The molecule has 1 aliphatic heterocycles. The molecule has 1 aliphatic rings. The molecule has 1 aromatic rings. The third kappa shape index (κ3) is 2.69.